The van der Waals surface area contributed by atoms with Crippen molar-refractivity contribution in [2.24, 2.45) is 5.92 Å². The van der Waals surface area contributed by atoms with Crippen LogP contribution in [0.5, 0.6) is 0 Å². The lowest BCUT2D eigenvalue weighted by Gasteiger charge is -2.38. The Labute approximate surface area is 124 Å². The van der Waals surface area contributed by atoms with Crippen molar-refractivity contribution >= 4 is 15.4 Å². The van der Waals surface area contributed by atoms with Gasteiger partial charge < -0.3 is 36.5 Å². The zero-order valence-corrected chi connectivity index (χ0v) is 14.0. The lowest BCUT2D eigenvalue weighted by Crippen LogP contribution is -3.00. The molecule has 1 heterocycles. The maximum atomic E-state index is 11.2. The number of hydrogen-bond acceptors (Lipinski definition) is 3. The second kappa shape index (κ2) is 7.18. The second-order valence-corrected chi connectivity index (χ2v) is 8.65. The second-order valence-electron chi connectivity index (χ2n) is 5.70. The Morgan fingerprint density at radius 2 is 1.60 bits per heavy atom. The molecular weight excluding hydrogens is 332 g/mol. The Bertz CT molecular complexity index is 397. The molecule has 11 heteroatoms. The molecule has 0 amide bonds. The molecule has 122 valence electrons. The fourth-order valence-electron chi connectivity index (χ4n) is 2.24. The Balaban J connectivity index is 0.00000361. The van der Waals surface area contributed by atoms with Crippen molar-refractivity contribution in [1.29, 1.82) is 0 Å². The summed E-state index contributed by atoms with van der Waals surface area (Å²) in [5.74, 6) is -1.72. The summed E-state index contributed by atoms with van der Waals surface area (Å²) >= 11 is 0. The van der Waals surface area contributed by atoms with Crippen LogP contribution in [-0.4, -0.2) is 57.1 Å². The van der Waals surface area contributed by atoms with Gasteiger partial charge in [0, 0.05) is 0 Å². The largest absolute Gasteiger partial charge is 1.00 e. The maximum absolute atomic E-state index is 11.2. The average molecular weight is 354 g/mol. The first kappa shape index (κ1) is 20.5. The third-order valence-electron chi connectivity index (χ3n) is 3.45. The molecule has 0 aromatic heterocycles. The van der Waals surface area contributed by atoms with Gasteiger partial charge in [0.1, 0.15) is 0 Å². The Hall–Kier alpha value is 0.510. The van der Waals surface area contributed by atoms with Crippen molar-refractivity contribution in [1.82, 2.24) is 0 Å². The fraction of sp³-hybridized carbons (Fsp3) is 1.00. The predicted molar refractivity (Wildman–Crippen MR) is 68.1 cm³/mol. The molecule has 1 fully saturated rings. The van der Waals surface area contributed by atoms with Crippen LogP contribution in [0.3, 0.4) is 0 Å². The molecule has 1 rings (SSSR count). The van der Waals surface area contributed by atoms with Crippen molar-refractivity contribution in [3.05, 3.63) is 0 Å². The van der Waals surface area contributed by atoms with Crippen molar-refractivity contribution in [2.45, 2.75) is 25.1 Å². The number of hydrogen-bond donors (Lipinski definition) is 4. The summed E-state index contributed by atoms with van der Waals surface area (Å²) in [6, 6.07) is 0. The van der Waals surface area contributed by atoms with E-state index in [1.807, 2.05) is 0 Å². The average Bonchev–Trinajstić information content (AvgIpc) is 2.16. The van der Waals surface area contributed by atoms with Crippen molar-refractivity contribution < 1.29 is 50.1 Å². The van der Waals surface area contributed by atoms with E-state index in [1.165, 1.54) is 0 Å². The SMILES string of the molecule is C[N+]1(C)CCC(CC(OP(=O)(O)O)P(=O)(O)O)CC1.[Cl-]. The molecule has 0 aromatic rings. The molecule has 1 aliphatic rings. The van der Waals surface area contributed by atoms with E-state index in [-0.39, 0.29) is 24.7 Å². The number of piperidine rings is 1. The molecule has 0 saturated carbocycles. The highest BCUT2D eigenvalue weighted by molar-refractivity contribution is 7.53. The van der Waals surface area contributed by atoms with Crippen LogP contribution in [-0.2, 0) is 13.7 Å². The van der Waals surface area contributed by atoms with Crippen LogP contribution in [0.25, 0.3) is 0 Å². The zero-order chi connectivity index (χ0) is 14.9. The van der Waals surface area contributed by atoms with Gasteiger partial charge in [0.15, 0.2) is 5.85 Å². The number of quaternary nitrogens is 1. The summed E-state index contributed by atoms with van der Waals surface area (Å²) in [7, 11) is -5.45. The van der Waals surface area contributed by atoms with Gasteiger partial charge in [-0.25, -0.2) is 4.57 Å². The van der Waals surface area contributed by atoms with E-state index in [1.54, 1.807) is 0 Å². The van der Waals surface area contributed by atoms with Crippen molar-refractivity contribution in [2.75, 3.05) is 27.2 Å². The highest BCUT2D eigenvalue weighted by atomic mass is 35.5. The molecule has 1 atom stereocenters. The lowest BCUT2D eigenvalue weighted by molar-refractivity contribution is -0.896. The summed E-state index contributed by atoms with van der Waals surface area (Å²) in [5, 5.41) is 0. The molecule has 0 spiro atoms. The molecule has 1 aliphatic heterocycles. The van der Waals surface area contributed by atoms with Crippen LogP contribution in [0.1, 0.15) is 19.3 Å². The monoisotopic (exact) mass is 353 g/mol. The van der Waals surface area contributed by atoms with Gasteiger partial charge in [-0.2, -0.15) is 0 Å². The zero-order valence-electron chi connectivity index (χ0n) is 11.4. The minimum absolute atomic E-state index is 0. The minimum atomic E-state index is -4.91. The third kappa shape index (κ3) is 7.50. The number of phosphoric ester groups is 1. The van der Waals surface area contributed by atoms with Crippen LogP contribution in [0, 0.1) is 5.92 Å². The van der Waals surface area contributed by atoms with Gasteiger partial charge >= 0.3 is 15.4 Å². The Morgan fingerprint density at radius 1 is 1.15 bits per heavy atom. The van der Waals surface area contributed by atoms with Gasteiger partial charge in [-0.05, 0) is 25.2 Å². The smallest absolute Gasteiger partial charge is 0.470 e. The summed E-state index contributed by atoms with van der Waals surface area (Å²) in [6.45, 7) is 1.74. The highest BCUT2D eigenvalue weighted by Crippen LogP contribution is 2.53. The minimum Gasteiger partial charge on any atom is -1.00 e. The fourth-order valence-corrected chi connectivity index (χ4v) is 4.08. The first-order chi connectivity index (χ1) is 8.39. The van der Waals surface area contributed by atoms with E-state index in [2.05, 4.69) is 18.6 Å². The maximum Gasteiger partial charge on any atom is 0.470 e. The number of likely N-dealkylation sites (tertiary alicyclic amines) is 1. The van der Waals surface area contributed by atoms with Crippen LogP contribution in [0.4, 0.5) is 0 Å². The molecule has 4 N–H and O–H groups in total. The van der Waals surface area contributed by atoms with Gasteiger partial charge in [-0.3, -0.25) is 9.09 Å². The predicted octanol–water partition coefficient (Wildman–Crippen LogP) is -2.52. The van der Waals surface area contributed by atoms with Crippen LogP contribution in [0.2, 0.25) is 0 Å². The molecule has 0 aliphatic carbocycles. The van der Waals surface area contributed by atoms with E-state index >= 15 is 0 Å². The Morgan fingerprint density at radius 3 is 1.95 bits per heavy atom. The van der Waals surface area contributed by atoms with E-state index in [0.29, 0.717) is 0 Å². The standard InChI is InChI=1S/C9H21NO7P2.ClH/c1-10(2)5-3-8(4-6-10)7-9(18(11,12)13)17-19(14,15)16;/h8-9H,3-7H2,1-2H3,(H3-,11,12,13,14,15,16);1H. The summed E-state index contributed by atoms with van der Waals surface area (Å²) < 4.78 is 27.1. The van der Waals surface area contributed by atoms with E-state index in [0.717, 1.165) is 30.4 Å². The molecular formula is C9H22ClNO7P2. The normalized spacial score (nSPS) is 22.1. The van der Waals surface area contributed by atoms with E-state index in [4.69, 9.17) is 19.6 Å². The van der Waals surface area contributed by atoms with Gasteiger partial charge in [-0.15, -0.1) is 0 Å². The van der Waals surface area contributed by atoms with E-state index in [9.17, 15) is 9.13 Å². The Kier molecular flexibility index (Phi) is 7.36. The van der Waals surface area contributed by atoms with Crippen LogP contribution in [0.15, 0.2) is 0 Å². The number of rotatable bonds is 5. The lowest BCUT2D eigenvalue weighted by atomic mass is 9.93. The van der Waals surface area contributed by atoms with Crippen LogP contribution < -0.4 is 12.4 Å². The molecule has 0 radical (unpaired) electrons. The molecule has 0 aromatic carbocycles. The van der Waals surface area contributed by atoms with Gasteiger partial charge in [0.25, 0.3) is 0 Å². The van der Waals surface area contributed by atoms with Crippen molar-refractivity contribution in [3.63, 3.8) is 0 Å². The summed E-state index contributed by atoms with van der Waals surface area (Å²) in [5.41, 5.74) is 0. The third-order valence-corrected chi connectivity index (χ3v) is 5.22. The molecule has 8 nitrogen and oxygen atoms in total. The number of nitrogens with zero attached hydrogens (tertiary/aromatic N) is 1. The summed E-state index contributed by atoms with van der Waals surface area (Å²) in [4.78, 5) is 35.6. The number of phosphoric acid groups is 1. The number of halogens is 1. The van der Waals surface area contributed by atoms with Gasteiger partial charge in [0.2, 0.25) is 0 Å². The first-order valence-electron chi connectivity index (χ1n) is 6.00. The van der Waals surface area contributed by atoms with Gasteiger partial charge in [-0.1, -0.05) is 0 Å². The quantitative estimate of drug-likeness (QED) is 0.317. The molecule has 0 bridgehead atoms. The molecule has 1 unspecified atom stereocenters. The first-order valence-corrected chi connectivity index (χ1v) is 9.21. The van der Waals surface area contributed by atoms with Crippen LogP contribution >= 0.6 is 15.4 Å². The van der Waals surface area contributed by atoms with Gasteiger partial charge in [0.05, 0.1) is 27.2 Å². The molecule has 1 saturated heterocycles. The topological polar surface area (TPSA) is 124 Å². The highest BCUT2D eigenvalue weighted by Gasteiger charge is 2.39. The van der Waals surface area contributed by atoms with Crippen molar-refractivity contribution in [3.8, 4) is 0 Å². The molecule has 20 heavy (non-hydrogen) atoms. The van der Waals surface area contributed by atoms with E-state index < -0.39 is 21.3 Å². The summed E-state index contributed by atoms with van der Waals surface area (Å²) in [6.07, 6.45) is 1.48.